The molecule has 0 saturated carbocycles. The van der Waals surface area contributed by atoms with E-state index in [2.05, 4.69) is 20.5 Å². The molecule has 2 atom stereocenters. The van der Waals surface area contributed by atoms with Gasteiger partial charge in [0.2, 0.25) is 5.82 Å². The van der Waals surface area contributed by atoms with Crippen molar-refractivity contribution in [1.82, 2.24) is 25.1 Å². The molecule has 0 radical (unpaired) electrons. The van der Waals surface area contributed by atoms with E-state index in [0.29, 0.717) is 77.3 Å². The van der Waals surface area contributed by atoms with E-state index < -0.39 is 17.4 Å². The van der Waals surface area contributed by atoms with E-state index in [1.54, 1.807) is 18.3 Å². The molecule has 2 aromatic carbocycles. The Morgan fingerprint density at radius 2 is 1.90 bits per heavy atom. The van der Waals surface area contributed by atoms with Crippen LogP contribution in [0.2, 0.25) is 0 Å². The highest BCUT2D eigenvalue weighted by atomic mass is 32.1. The number of carbonyl (C=O) groups excluding carboxylic acids is 1. The number of pyridine rings is 2. The predicted molar refractivity (Wildman–Crippen MR) is 183 cm³/mol. The van der Waals surface area contributed by atoms with Gasteiger partial charge in [0.25, 0.3) is 11.8 Å². The number of halogens is 3. The number of amides is 1. The third-order valence-electron chi connectivity index (χ3n) is 10.1. The lowest BCUT2D eigenvalue weighted by Gasteiger charge is -2.17. The third-order valence-corrected chi connectivity index (χ3v) is 11.3. The first kappa shape index (κ1) is 31.5. The zero-order valence-electron chi connectivity index (χ0n) is 27.2. The summed E-state index contributed by atoms with van der Waals surface area (Å²) in [6.07, 6.45) is 5.31. The first-order valence-corrected chi connectivity index (χ1v) is 17.5. The number of H-pyrrole nitrogens is 1. The van der Waals surface area contributed by atoms with E-state index in [9.17, 15) is 22.8 Å². The highest BCUT2D eigenvalue weighted by Gasteiger charge is 2.45. The average molecular weight is 711 g/mol. The van der Waals surface area contributed by atoms with E-state index in [0.717, 1.165) is 33.4 Å². The summed E-state index contributed by atoms with van der Waals surface area (Å²) in [5.41, 5.74) is 4.88. The van der Waals surface area contributed by atoms with Crippen molar-refractivity contribution in [3.05, 3.63) is 110 Å². The van der Waals surface area contributed by atoms with Gasteiger partial charge in [0.05, 0.1) is 46.4 Å². The molecule has 51 heavy (non-hydrogen) atoms. The first-order valence-electron chi connectivity index (χ1n) is 16.7. The van der Waals surface area contributed by atoms with Crippen LogP contribution in [0, 0.1) is 17.5 Å². The van der Waals surface area contributed by atoms with Crippen molar-refractivity contribution in [3.8, 4) is 27.6 Å². The lowest BCUT2D eigenvalue weighted by molar-refractivity contribution is 0.0776. The number of hydrogen-bond donors (Lipinski definition) is 2. The Morgan fingerprint density at radius 3 is 2.69 bits per heavy atom. The number of fused-ring (bicyclic) bond motifs is 5. The summed E-state index contributed by atoms with van der Waals surface area (Å²) in [5, 5.41) is 10.9. The van der Waals surface area contributed by atoms with Gasteiger partial charge in [-0.25, -0.2) is 23.7 Å². The Labute approximate surface area is 292 Å². The Hall–Kier alpha value is -5.50. The normalized spacial score (nSPS) is 17.6. The lowest BCUT2D eigenvalue weighted by Crippen LogP contribution is -2.22. The van der Waals surface area contributed by atoms with Gasteiger partial charge in [-0.2, -0.15) is 4.39 Å². The molecule has 0 spiro atoms. The second-order valence-corrected chi connectivity index (χ2v) is 14.0. The number of rotatable bonds is 8. The monoisotopic (exact) mass is 710 g/mol. The molecule has 2 aliphatic heterocycles. The number of benzene rings is 2. The number of carbonyl (C=O) groups is 1. The largest absolute Gasteiger partial charge is 0.493 e. The number of aromatic nitrogens is 4. The molecule has 4 aromatic heterocycles. The molecule has 9 rings (SSSR count). The third kappa shape index (κ3) is 5.10. The van der Waals surface area contributed by atoms with Gasteiger partial charge in [-0.15, -0.1) is 16.4 Å². The summed E-state index contributed by atoms with van der Waals surface area (Å²) in [4.78, 5) is 38.8. The number of methoxy groups -OCH3 is 1. The number of thiophene rings is 1. The van der Waals surface area contributed by atoms with Gasteiger partial charge in [0.15, 0.2) is 11.6 Å². The molecule has 1 amide bonds. The summed E-state index contributed by atoms with van der Waals surface area (Å²) >= 11 is 1.41. The predicted octanol–water partition coefficient (Wildman–Crippen LogP) is 7.30. The molecular weight excluding hydrogens is 682 g/mol. The van der Waals surface area contributed by atoms with Crippen molar-refractivity contribution in [2.45, 2.75) is 50.6 Å². The van der Waals surface area contributed by atoms with Crippen molar-refractivity contribution in [3.63, 3.8) is 0 Å². The second-order valence-electron chi connectivity index (χ2n) is 13.0. The van der Waals surface area contributed by atoms with Crippen molar-refractivity contribution < 1.29 is 27.1 Å². The number of ether oxygens (including phenoxy) is 1. The van der Waals surface area contributed by atoms with Crippen LogP contribution in [0.4, 0.5) is 19.0 Å². The quantitative estimate of drug-likeness (QED) is 0.169. The highest BCUT2D eigenvalue weighted by Crippen LogP contribution is 2.50. The minimum Gasteiger partial charge on any atom is -0.493 e. The fraction of sp³-hybridized carbons (Fsp3) is 0.270. The molecule has 2 N–H and O–H groups in total. The Kier molecular flexibility index (Phi) is 7.45. The van der Waals surface area contributed by atoms with Gasteiger partial charge < -0.3 is 19.4 Å². The van der Waals surface area contributed by atoms with Crippen LogP contribution in [-0.4, -0.2) is 44.6 Å². The van der Waals surface area contributed by atoms with Crippen LogP contribution < -0.4 is 15.8 Å². The molecule has 3 aliphatic rings. The first-order chi connectivity index (χ1) is 24.8. The highest BCUT2D eigenvalue weighted by molar-refractivity contribution is 7.23. The van der Waals surface area contributed by atoms with Crippen molar-refractivity contribution in [2.24, 2.45) is 0 Å². The van der Waals surface area contributed by atoms with Crippen LogP contribution in [0.1, 0.15) is 69.8 Å². The fourth-order valence-corrected chi connectivity index (χ4v) is 9.01. The standard InChI is InChI=1S/C37H29F3N6O4S/c1-49-32-20-9-11-23(21(20)16-22(39)30(32)40)43-34-33-18(12-13-41-34)15-26(51-33)28-27(35-44-45-37(48)50-35)24(10-6-17-4-7-19(38)8-5-17)42-31-25-3-2-14-46(25)36(47)29(28)31/h4-5,7-8,12-13,15-16,23,25H,2-3,6,9-11,14H2,1H3,(H,41,43)(H,45,48)/t23-,25+/m1/s1. The van der Waals surface area contributed by atoms with E-state index in [-0.39, 0.29) is 35.4 Å². The number of aromatic amines is 1. The van der Waals surface area contributed by atoms with Crippen LogP contribution in [0.25, 0.3) is 32.0 Å². The molecule has 0 unspecified atom stereocenters. The van der Waals surface area contributed by atoms with E-state index in [4.69, 9.17) is 14.1 Å². The molecule has 6 aromatic rings. The maximum absolute atomic E-state index is 14.6. The average Bonchev–Trinajstić information content (AvgIpc) is 3.97. The van der Waals surface area contributed by atoms with Crippen LogP contribution in [0.5, 0.6) is 5.75 Å². The van der Waals surface area contributed by atoms with Crippen molar-refractivity contribution >= 4 is 33.1 Å². The lowest BCUT2D eigenvalue weighted by atomic mass is 9.93. The van der Waals surface area contributed by atoms with Gasteiger partial charge in [0.1, 0.15) is 11.6 Å². The molecule has 1 fully saturated rings. The van der Waals surface area contributed by atoms with Crippen molar-refractivity contribution in [1.29, 1.82) is 0 Å². The maximum atomic E-state index is 14.6. The number of hydrogen-bond acceptors (Lipinski definition) is 9. The topological polar surface area (TPSA) is 126 Å². The maximum Gasteiger partial charge on any atom is 0.434 e. The minimum absolute atomic E-state index is 0.0129. The zero-order valence-corrected chi connectivity index (χ0v) is 28.0. The van der Waals surface area contributed by atoms with Gasteiger partial charge in [0, 0.05) is 28.7 Å². The van der Waals surface area contributed by atoms with Crippen molar-refractivity contribution in [2.75, 3.05) is 19.0 Å². The van der Waals surface area contributed by atoms with Crippen LogP contribution in [0.15, 0.2) is 57.9 Å². The Morgan fingerprint density at radius 1 is 1.06 bits per heavy atom. The van der Waals surface area contributed by atoms with Gasteiger partial charge in [-0.3, -0.25) is 9.78 Å². The second kappa shape index (κ2) is 12.1. The Bertz CT molecular complexity index is 2440. The van der Waals surface area contributed by atoms with E-state index in [1.807, 2.05) is 17.0 Å². The fourth-order valence-electron chi connectivity index (χ4n) is 7.85. The van der Waals surface area contributed by atoms with Gasteiger partial charge in [-0.1, -0.05) is 12.1 Å². The molecule has 1 aliphatic carbocycles. The molecule has 14 heteroatoms. The number of nitrogens with zero attached hydrogens (tertiary/aromatic N) is 4. The summed E-state index contributed by atoms with van der Waals surface area (Å²) < 4.78 is 54.4. The summed E-state index contributed by atoms with van der Waals surface area (Å²) in [7, 11) is 1.33. The van der Waals surface area contributed by atoms with Gasteiger partial charge in [-0.05, 0) is 85.4 Å². The molecule has 1 saturated heterocycles. The Balaban J connectivity index is 1.20. The number of anilines is 1. The molecule has 0 bridgehead atoms. The SMILES string of the molecule is COc1c(F)c(F)cc2c1CC[C@H]2Nc1nccc2cc(-c3c4c(nc(CCc5ccc(F)cc5)c3-c3n[nH]c(=O)o3)[C@@H]3CCCN3C4=O)sc12. The number of nitrogens with one attached hydrogen (secondary N) is 2. The number of aryl methyl sites for hydroxylation is 2. The molecule has 258 valence electrons. The molecule has 6 heterocycles. The summed E-state index contributed by atoms with van der Waals surface area (Å²) in [6.45, 7) is 0.611. The van der Waals surface area contributed by atoms with Crippen LogP contribution >= 0.6 is 11.3 Å². The van der Waals surface area contributed by atoms with Gasteiger partial charge >= 0.3 is 5.76 Å². The van der Waals surface area contributed by atoms with E-state index >= 15 is 0 Å². The minimum atomic E-state index is -1.000. The summed E-state index contributed by atoms with van der Waals surface area (Å²) in [6, 6.07) is 10.8. The summed E-state index contributed by atoms with van der Waals surface area (Å²) in [5.74, 6) is -2.71. The smallest absolute Gasteiger partial charge is 0.434 e. The molecular formula is C37H29F3N6O4S. The van der Waals surface area contributed by atoms with E-state index in [1.165, 1.54) is 36.6 Å². The zero-order chi connectivity index (χ0) is 35.0. The van der Waals surface area contributed by atoms with Crippen LogP contribution in [-0.2, 0) is 19.3 Å². The molecule has 10 nitrogen and oxygen atoms in total. The van der Waals surface area contributed by atoms with Crippen LogP contribution in [0.3, 0.4) is 0 Å².